The lowest BCUT2D eigenvalue weighted by Gasteiger charge is -2.11. The monoisotopic (exact) mass is 308 g/mol. The number of rotatable bonds is 4. The fraction of sp³-hybridized carbons (Fsp3) is 0.444. The summed E-state index contributed by atoms with van der Waals surface area (Å²) in [4.78, 5) is 27.3. The molecule has 0 spiro atoms. The molecule has 0 radical (unpaired) electrons. The molecule has 2 heterocycles. The molecule has 1 N–H and O–H groups in total. The molecule has 1 atom stereocenters. The predicted octanol–water partition coefficient (Wildman–Crippen LogP) is 0.494. The van der Waals surface area contributed by atoms with Crippen molar-refractivity contribution in [2.45, 2.75) is 6.42 Å². The molecule has 0 aromatic carbocycles. The summed E-state index contributed by atoms with van der Waals surface area (Å²) in [6, 6.07) is 0. The third kappa shape index (κ3) is 3.26. The Morgan fingerprint density at radius 3 is 2.84 bits per heavy atom. The van der Waals surface area contributed by atoms with E-state index in [0.29, 0.717) is 0 Å². The Bertz CT molecular complexity index is 626. The number of carbonyl (C=O) groups excluding carboxylic acids is 1. The Hall–Kier alpha value is -1.55. The molecule has 0 saturated carbocycles. The zero-order valence-corrected chi connectivity index (χ0v) is 11.1. The molecule has 7 nitrogen and oxygen atoms in total. The fourth-order valence-corrected chi connectivity index (χ4v) is 3.42. The van der Waals surface area contributed by atoms with Gasteiger partial charge in [0.2, 0.25) is 5.91 Å². The minimum atomic E-state index is -4.63. The van der Waals surface area contributed by atoms with Gasteiger partial charge in [0.1, 0.15) is 4.88 Å². The minimum absolute atomic E-state index is 0.0224. The molecule has 10 heteroatoms. The van der Waals surface area contributed by atoms with E-state index in [0.717, 1.165) is 17.5 Å². The molecule has 104 valence electrons. The van der Waals surface area contributed by atoms with Gasteiger partial charge in [-0.1, -0.05) is 11.3 Å². The van der Waals surface area contributed by atoms with Crippen molar-refractivity contribution >= 4 is 38.6 Å². The first kappa shape index (κ1) is 13.9. The topological polar surface area (TPSA) is 105 Å². The lowest BCUT2D eigenvalue weighted by molar-refractivity contribution is -0.117. The van der Waals surface area contributed by atoms with E-state index >= 15 is 0 Å². The number of hydrogen-bond acceptors (Lipinski definition) is 6. The van der Waals surface area contributed by atoms with Crippen LogP contribution in [0.15, 0.2) is 6.20 Å². The second kappa shape index (κ2) is 4.85. The Labute approximate surface area is 111 Å². The summed E-state index contributed by atoms with van der Waals surface area (Å²) in [5.74, 6) is -2.90. The molecule has 0 bridgehead atoms. The van der Waals surface area contributed by atoms with E-state index in [1.54, 1.807) is 0 Å². The molecular formula is C9H9FN2O5S2. The Morgan fingerprint density at radius 1 is 1.63 bits per heavy atom. The van der Waals surface area contributed by atoms with E-state index in [2.05, 4.69) is 4.98 Å². The van der Waals surface area contributed by atoms with Crippen LogP contribution in [-0.2, 0) is 15.0 Å². The molecule has 0 aliphatic carbocycles. The number of aromatic nitrogens is 1. The highest BCUT2D eigenvalue weighted by Gasteiger charge is 2.35. The van der Waals surface area contributed by atoms with Crippen molar-refractivity contribution < 1.29 is 27.0 Å². The first-order chi connectivity index (χ1) is 8.76. The molecule has 1 aromatic rings. The van der Waals surface area contributed by atoms with Gasteiger partial charge in [-0.3, -0.25) is 9.69 Å². The summed E-state index contributed by atoms with van der Waals surface area (Å²) in [5.41, 5.74) is 0. The van der Waals surface area contributed by atoms with Gasteiger partial charge >= 0.3 is 16.2 Å². The summed E-state index contributed by atoms with van der Waals surface area (Å²) in [7, 11) is -4.63. The van der Waals surface area contributed by atoms with E-state index in [9.17, 15) is 21.9 Å². The van der Waals surface area contributed by atoms with Gasteiger partial charge in [-0.15, -0.1) is 3.89 Å². The largest absolute Gasteiger partial charge is 0.477 e. The van der Waals surface area contributed by atoms with Crippen LogP contribution < -0.4 is 4.90 Å². The van der Waals surface area contributed by atoms with Crippen LogP contribution in [0.2, 0.25) is 0 Å². The zero-order chi connectivity index (χ0) is 14.2. The first-order valence-electron chi connectivity index (χ1n) is 5.18. The summed E-state index contributed by atoms with van der Waals surface area (Å²) in [5, 5.41) is 8.93. The van der Waals surface area contributed by atoms with Gasteiger partial charge < -0.3 is 5.11 Å². The number of thiazole rings is 1. The van der Waals surface area contributed by atoms with Crippen molar-refractivity contribution in [3.05, 3.63) is 11.1 Å². The number of carboxylic acids is 1. The van der Waals surface area contributed by atoms with E-state index in [1.165, 1.54) is 4.90 Å². The average molecular weight is 308 g/mol. The van der Waals surface area contributed by atoms with Crippen LogP contribution in [0.1, 0.15) is 16.1 Å². The van der Waals surface area contributed by atoms with Crippen LogP contribution in [0, 0.1) is 5.92 Å². The highest BCUT2D eigenvalue weighted by Crippen LogP contribution is 2.29. The van der Waals surface area contributed by atoms with Crippen LogP contribution in [0.3, 0.4) is 0 Å². The molecule has 19 heavy (non-hydrogen) atoms. The molecule has 1 fully saturated rings. The number of carboxylic acid groups (broad SMARTS) is 1. The van der Waals surface area contributed by atoms with Crippen molar-refractivity contribution in [3.63, 3.8) is 0 Å². The van der Waals surface area contributed by atoms with Gasteiger partial charge in [-0.25, -0.2) is 9.78 Å². The number of aromatic carboxylic acids is 1. The second-order valence-electron chi connectivity index (χ2n) is 4.09. The van der Waals surface area contributed by atoms with Crippen LogP contribution in [-0.4, -0.2) is 42.7 Å². The van der Waals surface area contributed by atoms with Crippen molar-refractivity contribution in [1.29, 1.82) is 0 Å². The predicted molar refractivity (Wildman–Crippen MR) is 64.4 cm³/mol. The highest BCUT2D eigenvalue weighted by molar-refractivity contribution is 7.86. The number of amides is 1. The van der Waals surface area contributed by atoms with Gasteiger partial charge in [0, 0.05) is 18.9 Å². The summed E-state index contributed by atoms with van der Waals surface area (Å²) >= 11 is 0.813. The summed E-state index contributed by atoms with van der Waals surface area (Å²) in [6.07, 6.45) is 1.03. The van der Waals surface area contributed by atoms with Crippen LogP contribution in [0.5, 0.6) is 0 Å². The van der Waals surface area contributed by atoms with Crippen LogP contribution in [0.25, 0.3) is 0 Å². The smallest absolute Gasteiger partial charge is 0.347 e. The minimum Gasteiger partial charge on any atom is -0.477 e. The van der Waals surface area contributed by atoms with Gasteiger partial charge in [-0.05, 0) is 0 Å². The lowest BCUT2D eigenvalue weighted by atomic mass is 10.1. The number of carbonyl (C=O) groups is 2. The Balaban J connectivity index is 2.13. The maximum atomic E-state index is 12.6. The third-order valence-electron chi connectivity index (χ3n) is 2.58. The van der Waals surface area contributed by atoms with E-state index < -0.39 is 27.9 Å². The van der Waals surface area contributed by atoms with Gasteiger partial charge in [0.05, 0.1) is 11.9 Å². The average Bonchev–Trinajstić information content (AvgIpc) is 2.82. The summed E-state index contributed by atoms with van der Waals surface area (Å²) in [6.45, 7) is 0.0224. The van der Waals surface area contributed by atoms with Gasteiger partial charge in [-0.2, -0.15) is 8.42 Å². The van der Waals surface area contributed by atoms with Crippen LogP contribution in [0.4, 0.5) is 9.02 Å². The molecule has 1 unspecified atom stereocenters. The molecule has 1 aliphatic heterocycles. The third-order valence-corrected chi connectivity index (χ3v) is 4.45. The second-order valence-corrected chi connectivity index (χ2v) is 6.51. The maximum Gasteiger partial charge on any atom is 0.347 e. The van der Waals surface area contributed by atoms with Crippen molar-refractivity contribution in [1.82, 2.24) is 4.98 Å². The lowest BCUT2D eigenvalue weighted by Crippen LogP contribution is -2.25. The quantitative estimate of drug-likeness (QED) is 0.812. The molecule has 1 aromatic heterocycles. The highest BCUT2D eigenvalue weighted by atomic mass is 32.3. The first-order valence-corrected chi connectivity index (χ1v) is 7.55. The van der Waals surface area contributed by atoms with E-state index in [4.69, 9.17) is 5.11 Å². The normalized spacial score (nSPS) is 19.9. The van der Waals surface area contributed by atoms with Crippen LogP contribution >= 0.6 is 11.3 Å². The number of hydrogen-bond donors (Lipinski definition) is 1. The Kier molecular flexibility index (Phi) is 3.54. The molecule has 2 rings (SSSR count). The van der Waals surface area contributed by atoms with Gasteiger partial charge in [0.15, 0.2) is 5.13 Å². The summed E-state index contributed by atoms with van der Waals surface area (Å²) < 4.78 is 33.6. The number of halogens is 1. The van der Waals surface area contributed by atoms with Gasteiger partial charge in [0.25, 0.3) is 0 Å². The standard InChI is InChI=1S/C9H9FN2O5S2/c10-19(16,17)4-5-1-7(13)12(3-5)9-11-2-6(18-9)8(14)15/h2,5H,1,3-4H2,(H,14,15). The fourth-order valence-electron chi connectivity index (χ4n) is 1.85. The number of anilines is 1. The van der Waals surface area contributed by atoms with E-state index in [1.807, 2.05) is 0 Å². The molecule has 1 aliphatic rings. The molecule has 1 saturated heterocycles. The van der Waals surface area contributed by atoms with Crippen molar-refractivity contribution in [2.75, 3.05) is 17.2 Å². The Morgan fingerprint density at radius 2 is 2.32 bits per heavy atom. The maximum absolute atomic E-state index is 12.6. The SMILES string of the molecule is O=C(O)c1cnc(N2CC(CS(=O)(=O)F)CC2=O)s1. The van der Waals surface area contributed by atoms with E-state index in [-0.39, 0.29) is 28.9 Å². The molecular weight excluding hydrogens is 299 g/mol. The van der Waals surface area contributed by atoms with Crippen molar-refractivity contribution in [3.8, 4) is 0 Å². The number of nitrogens with zero attached hydrogens (tertiary/aromatic N) is 2. The van der Waals surface area contributed by atoms with Crippen molar-refractivity contribution in [2.24, 2.45) is 5.92 Å². The zero-order valence-electron chi connectivity index (χ0n) is 9.45. The molecule has 1 amide bonds.